The van der Waals surface area contributed by atoms with Crippen molar-refractivity contribution in [3.8, 4) is 0 Å². The summed E-state index contributed by atoms with van der Waals surface area (Å²) in [5.74, 6) is 0.129. The summed E-state index contributed by atoms with van der Waals surface area (Å²) >= 11 is 1.63. The predicted octanol–water partition coefficient (Wildman–Crippen LogP) is 4.49. The minimum absolute atomic E-state index is 0.0379. The van der Waals surface area contributed by atoms with E-state index in [0.29, 0.717) is 31.7 Å². The molecule has 1 spiro atoms. The number of piperidine rings is 1. The van der Waals surface area contributed by atoms with Gasteiger partial charge in [-0.2, -0.15) is 0 Å². The number of halogens is 1. The van der Waals surface area contributed by atoms with E-state index in [4.69, 9.17) is 0 Å². The first-order chi connectivity index (χ1) is 14.0. The molecule has 2 aliphatic rings. The average molecular weight is 414 g/mol. The molecule has 2 fully saturated rings. The number of rotatable bonds is 3. The maximum atomic E-state index is 13.3. The molecule has 2 saturated heterocycles. The molecule has 2 heterocycles. The zero-order chi connectivity index (χ0) is 20.4. The Hall–Kier alpha value is -2.54. The van der Waals surface area contributed by atoms with Crippen molar-refractivity contribution in [3.63, 3.8) is 0 Å². The number of carbonyl (C=O) groups excluding carboxylic acids is 2. The Morgan fingerprint density at radius 1 is 1.17 bits per heavy atom. The van der Waals surface area contributed by atoms with Crippen LogP contribution in [0, 0.1) is 5.82 Å². The molecule has 152 valence electrons. The predicted molar refractivity (Wildman–Crippen MR) is 115 cm³/mol. The number of carbonyl (C=O) groups is 2. The first-order valence-electron chi connectivity index (χ1n) is 9.88. The van der Waals surface area contributed by atoms with Crippen molar-refractivity contribution in [2.75, 3.05) is 29.1 Å². The van der Waals surface area contributed by atoms with Crippen molar-refractivity contribution >= 4 is 35.1 Å². The third kappa shape index (κ3) is 3.96. The molecule has 7 heteroatoms. The van der Waals surface area contributed by atoms with Crippen LogP contribution >= 0.6 is 11.8 Å². The summed E-state index contributed by atoms with van der Waals surface area (Å²) in [6.07, 6.45) is 2.28. The van der Waals surface area contributed by atoms with Crippen LogP contribution < -0.4 is 10.2 Å². The van der Waals surface area contributed by atoms with Crippen LogP contribution in [0.4, 0.5) is 20.6 Å². The molecule has 0 unspecified atom stereocenters. The molecule has 2 aromatic carbocycles. The number of benzene rings is 2. The number of hydrogen-bond acceptors (Lipinski definition) is 3. The Labute approximate surface area is 174 Å². The van der Waals surface area contributed by atoms with Gasteiger partial charge in [0.05, 0.1) is 10.6 Å². The van der Waals surface area contributed by atoms with Crippen LogP contribution in [0.15, 0.2) is 48.5 Å². The largest absolute Gasteiger partial charge is 0.324 e. The lowest BCUT2D eigenvalue weighted by Crippen LogP contribution is -2.53. The summed E-state index contributed by atoms with van der Waals surface area (Å²) in [6.45, 7) is 3.22. The first kappa shape index (κ1) is 19.8. The van der Waals surface area contributed by atoms with Gasteiger partial charge >= 0.3 is 6.03 Å². The number of likely N-dealkylation sites (tertiary alicyclic amines) is 1. The molecule has 1 N–H and O–H groups in total. The summed E-state index contributed by atoms with van der Waals surface area (Å²) in [6, 6.07) is 13.8. The van der Waals surface area contributed by atoms with Gasteiger partial charge in [0.25, 0.3) is 0 Å². The molecule has 0 aromatic heterocycles. The molecule has 3 amide bonds. The highest BCUT2D eigenvalue weighted by molar-refractivity contribution is 8.02. The highest BCUT2D eigenvalue weighted by Gasteiger charge is 2.49. The monoisotopic (exact) mass is 413 g/mol. The number of urea groups is 1. The third-order valence-electron chi connectivity index (χ3n) is 5.62. The van der Waals surface area contributed by atoms with Crippen LogP contribution in [-0.4, -0.2) is 40.6 Å². The maximum Gasteiger partial charge on any atom is 0.321 e. The number of hydrogen-bond donors (Lipinski definition) is 1. The molecule has 0 atom stereocenters. The van der Waals surface area contributed by atoms with Gasteiger partial charge in [0.15, 0.2) is 0 Å². The maximum absolute atomic E-state index is 13.3. The van der Waals surface area contributed by atoms with Gasteiger partial charge in [-0.3, -0.25) is 9.69 Å². The minimum atomic E-state index is -0.367. The van der Waals surface area contributed by atoms with Crippen molar-refractivity contribution in [2.45, 2.75) is 31.1 Å². The Bertz CT molecular complexity index is 911. The second kappa shape index (κ2) is 8.06. The molecular weight excluding hydrogens is 389 g/mol. The van der Waals surface area contributed by atoms with Crippen LogP contribution in [-0.2, 0) is 11.2 Å². The summed E-state index contributed by atoms with van der Waals surface area (Å²) in [5.41, 5.74) is 2.69. The molecule has 2 aliphatic heterocycles. The number of nitrogens with one attached hydrogen (secondary N) is 1. The second-order valence-corrected chi connectivity index (χ2v) is 8.75. The first-order valence-corrected chi connectivity index (χ1v) is 10.9. The highest BCUT2D eigenvalue weighted by atomic mass is 32.2. The lowest BCUT2D eigenvalue weighted by Gasteiger charge is -2.43. The smallest absolute Gasteiger partial charge is 0.321 e. The molecule has 0 aliphatic carbocycles. The van der Waals surface area contributed by atoms with Gasteiger partial charge in [-0.1, -0.05) is 19.1 Å². The van der Waals surface area contributed by atoms with E-state index in [2.05, 4.69) is 12.2 Å². The molecule has 2 aromatic rings. The van der Waals surface area contributed by atoms with E-state index < -0.39 is 0 Å². The second-order valence-electron chi connectivity index (χ2n) is 7.41. The van der Waals surface area contributed by atoms with Crippen molar-refractivity contribution < 1.29 is 14.0 Å². The molecule has 29 heavy (non-hydrogen) atoms. The fourth-order valence-corrected chi connectivity index (χ4v) is 5.35. The van der Waals surface area contributed by atoms with Crippen molar-refractivity contribution in [1.82, 2.24) is 4.90 Å². The topological polar surface area (TPSA) is 52.7 Å². The van der Waals surface area contributed by atoms with E-state index in [9.17, 15) is 14.0 Å². The van der Waals surface area contributed by atoms with E-state index in [0.717, 1.165) is 17.8 Å². The highest BCUT2D eigenvalue weighted by Crippen LogP contribution is 2.46. The van der Waals surface area contributed by atoms with E-state index in [1.165, 1.54) is 17.7 Å². The van der Waals surface area contributed by atoms with Gasteiger partial charge in [0.1, 0.15) is 5.82 Å². The molecule has 0 bridgehead atoms. The van der Waals surface area contributed by atoms with Gasteiger partial charge in [-0.05, 0) is 61.2 Å². The van der Waals surface area contributed by atoms with Gasteiger partial charge < -0.3 is 10.2 Å². The van der Waals surface area contributed by atoms with Crippen LogP contribution in [0.3, 0.4) is 0 Å². The number of amides is 3. The lowest BCUT2D eigenvalue weighted by atomic mass is 10.0. The zero-order valence-corrected chi connectivity index (χ0v) is 17.2. The van der Waals surface area contributed by atoms with Crippen LogP contribution in [0.5, 0.6) is 0 Å². The summed E-state index contributed by atoms with van der Waals surface area (Å²) in [5, 5.41) is 2.98. The van der Waals surface area contributed by atoms with Gasteiger partial charge in [0.2, 0.25) is 5.91 Å². The van der Waals surface area contributed by atoms with Crippen molar-refractivity contribution in [2.24, 2.45) is 0 Å². The minimum Gasteiger partial charge on any atom is -0.324 e. The molecule has 4 rings (SSSR count). The third-order valence-corrected chi connectivity index (χ3v) is 7.14. The van der Waals surface area contributed by atoms with Crippen molar-refractivity contribution in [3.05, 3.63) is 59.9 Å². The average Bonchev–Trinajstić information content (AvgIpc) is 3.05. The van der Waals surface area contributed by atoms with Crippen LogP contribution in [0.1, 0.15) is 25.3 Å². The SMILES string of the molecule is CCc1cccc(NC(=O)N2CCC3(CC2)SCC(=O)N3c2ccc(F)cc2)c1. The van der Waals surface area contributed by atoms with E-state index >= 15 is 0 Å². The summed E-state index contributed by atoms with van der Waals surface area (Å²) < 4.78 is 13.3. The number of aryl methyl sites for hydroxylation is 1. The molecule has 0 saturated carbocycles. The van der Waals surface area contributed by atoms with E-state index in [1.807, 2.05) is 24.3 Å². The Morgan fingerprint density at radius 3 is 2.59 bits per heavy atom. The zero-order valence-electron chi connectivity index (χ0n) is 16.4. The van der Waals surface area contributed by atoms with Gasteiger partial charge in [-0.15, -0.1) is 11.8 Å². The van der Waals surface area contributed by atoms with Crippen LogP contribution in [0.2, 0.25) is 0 Å². The quantitative estimate of drug-likeness (QED) is 0.807. The van der Waals surface area contributed by atoms with E-state index in [-0.39, 0.29) is 22.6 Å². The van der Waals surface area contributed by atoms with Crippen LogP contribution in [0.25, 0.3) is 0 Å². The number of nitrogens with zero attached hydrogens (tertiary/aromatic N) is 2. The van der Waals surface area contributed by atoms with Gasteiger partial charge in [-0.25, -0.2) is 9.18 Å². The fraction of sp³-hybridized carbons (Fsp3) is 0.364. The Kier molecular flexibility index (Phi) is 5.50. The number of thioether (sulfide) groups is 1. The Morgan fingerprint density at radius 2 is 1.90 bits per heavy atom. The normalized spacial score (nSPS) is 18.3. The lowest BCUT2D eigenvalue weighted by molar-refractivity contribution is -0.116. The fourth-order valence-electron chi connectivity index (χ4n) is 4.02. The number of anilines is 2. The summed E-state index contributed by atoms with van der Waals surface area (Å²) in [7, 11) is 0. The Balaban J connectivity index is 1.44. The summed E-state index contributed by atoms with van der Waals surface area (Å²) in [4.78, 5) is 28.5. The standard InChI is InChI=1S/C22H24FN3O2S/c1-2-16-4-3-5-18(14-16)24-21(28)25-12-10-22(11-13-25)26(20(27)15-29-22)19-8-6-17(23)7-9-19/h3-9,14H,2,10-13,15H2,1H3,(H,24,28). The molecule has 0 radical (unpaired) electrons. The molecule has 5 nitrogen and oxygen atoms in total. The van der Waals surface area contributed by atoms with Gasteiger partial charge in [0, 0.05) is 24.5 Å². The van der Waals surface area contributed by atoms with E-state index in [1.54, 1.807) is 33.7 Å². The van der Waals surface area contributed by atoms with Crippen molar-refractivity contribution in [1.29, 1.82) is 0 Å². The molecular formula is C22H24FN3O2S.